The number of ketones is 1. The summed E-state index contributed by atoms with van der Waals surface area (Å²) in [4.78, 5) is 28.0. The van der Waals surface area contributed by atoms with Gasteiger partial charge in [0, 0.05) is 18.5 Å². The van der Waals surface area contributed by atoms with E-state index in [1.807, 2.05) is 32.0 Å². The number of benzene rings is 1. The number of hydrogen-bond acceptors (Lipinski definition) is 5. The van der Waals surface area contributed by atoms with Gasteiger partial charge in [-0.15, -0.1) is 0 Å². The van der Waals surface area contributed by atoms with Gasteiger partial charge in [-0.2, -0.15) is 0 Å². The van der Waals surface area contributed by atoms with E-state index in [0.717, 1.165) is 16.7 Å². The monoisotopic (exact) mass is 341 g/mol. The fourth-order valence-corrected chi connectivity index (χ4v) is 2.67. The van der Waals surface area contributed by atoms with Crippen molar-refractivity contribution in [2.24, 2.45) is 0 Å². The number of hydrogen-bond donors (Lipinski definition) is 1. The largest absolute Gasteiger partial charge is 0.506 e. The summed E-state index contributed by atoms with van der Waals surface area (Å²) in [6, 6.07) is 9.27. The molecule has 0 atom stereocenters. The quantitative estimate of drug-likeness (QED) is 0.616. The van der Waals surface area contributed by atoms with Gasteiger partial charge in [-0.1, -0.05) is 18.2 Å². The summed E-state index contributed by atoms with van der Waals surface area (Å²) < 4.78 is 4.81. The molecular formula is C20H23NO4. The van der Waals surface area contributed by atoms with Crippen LogP contribution in [-0.4, -0.2) is 28.4 Å². The Kier molecular flexibility index (Phi) is 6.28. The Morgan fingerprint density at radius 2 is 1.76 bits per heavy atom. The molecule has 0 amide bonds. The molecule has 1 aromatic heterocycles. The van der Waals surface area contributed by atoms with Crippen LogP contribution in [0.5, 0.6) is 5.75 Å². The Balaban J connectivity index is 2.17. The minimum absolute atomic E-state index is 0.00744. The Bertz CT molecular complexity index is 763. The predicted octanol–water partition coefficient (Wildman–Crippen LogP) is 3.52. The van der Waals surface area contributed by atoms with E-state index < -0.39 is 5.97 Å². The highest BCUT2D eigenvalue weighted by Gasteiger charge is 2.16. The van der Waals surface area contributed by atoms with E-state index in [-0.39, 0.29) is 36.7 Å². The van der Waals surface area contributed by atoms with Gasteiger partial charge in [0.2, 0.25) is 0 Å². The molecule has 25 heavy (non-hydrogen) atoms. The molecule has 2 rings (SSSR count). The molecule has 2 aromatic rings. The maximum absolute atomic E-state index is 12.3. The molecule has 0 fully saturated rings. The summed E-state index contributed by atoms with van der Waals surface area (Å²) in [6.07, 6.45) is 0.526. The van der Waals surface area contributed by atoms with Gasteiger partial charge in [-0.25, -0.2) is 4.98 Å². The Hall–Kier alpha value is -2.69. The second kappa shape index (κ2) is 8.42. The third-order valence-electron chi connectivity index (χ3n) is 4.06. The molecule has 1 aromatic carbocycles. The minimum Gasteiger partial charge on any atom is -0.506 e. The zero-order chi connectivity index (χ0) is 18.4. The first-order valence-corrected chi connectivity index (χ1v) is 8.35. The zero-order valence-corrected chi connectivity index (χ0v) is 14.8. The summed E-state index contributed by atoms with van der Waals surface area (Å²) in [7, 11) is 0. The number of aryl methyl sites for hydroxylation is 2. The van der Waals surface area contributed by atoms with Gasteiger partial charge in [0.1, 0.15) is 11.4 Å². The molecule has 132 valence electrons. The van der Waals surface area contributed by atoms with Gasteiger partial charge in [-0.05, 0) is 49.6 Å². The smallest absolute Gasteiger partial charge is 0.306 e. The van der Waals surface area contributed by atoms with Crippen molar-refractivity contribution in [3.63, 3.8) is 0 Å². The molecule has 0 unspecified atom stereocenters. The molecule has 0 spiro atoms. The van der Waals surface area contributed by atoms with Crippen LogP contribution >= 0.6 is 0 Å². The highest BCUT2D eigenvalue weighted by atomic mass is 16.5. The van der Waals surface area contributed by atoms with Gasteiger partial charge < -0.3 is 9.84 Å². The number of aromatic nitrogens is 1. The molecule has 0 radical (unpaired) electrons. The van der Waals surface area contributed by atoms with E-state index in [0.29, 0.717) is 12.1 Å². The topological polar surface area (TPSA) is 76.5 Å². The molecule has 1 N–H and O–H groups in total. The van der Waals surface area contributed by atoms with Gasteiger partial charge >= 0.3 is 5.97 Å². The predicted molar refractivity (Wildman–Crippen MR) is 94.8 cm³/mol. The summed E-state index contributed by atoms with van der Waals surface area (Å²) in [5, 5.41) is 9.95. The Morgan fingerprint density at radius 1 is 1.08 bits per heavy atom. The number of ether oxygens (including phenoxy) is 1. The summed E-state index contributed by atoms with van der Waals surface area (Å²) in [6.45, 7) is 6.06. The van der Waals surface area contributed by atoms with Crippen LogP contribution in [0.4, 0.5) is 0 Å². The SMILES string of the molecule is CCOC(=O)CCC(=O)c1nc(Cc2c(C)cccc2C)ccc1O. The number of nitrogens with zero attached hydrogens (tertiary/aromatic N) is 1. The van der Waals surface area contributed by atoms with Crippen molar-refractivity contribution in [1.82, 2.24) is 4.98 Å². The number of carbonyl (C=O) groups is 2. The van der Waals surface area contributed by atoms with Crippen LogP contribution in [0.3, 0.4) is 0 Å². The second-order valence-electron chi connectivity index (χ2n) is 5.95. The molecule has 1 heterocycles. The van der Waals surface area contributed by atoms with E-state index in [4.69, 9.17) is 4.74 Å². The lowest BCUT2D eigenvalue weighted by Crippen LogP contribution is -2.10. The van der Waals surface area contributed by atoms with Crippen LogP contribution in [0.15, 0.2) is 30.3 Å². The number of aromatic hydroxyl groups is 1. The van der Waals surface area contributed by atoms with Crippen LogP contribution in [0.1, 0.15) is 52.6 Å². The average molecular weight is 341 g/mol. The van der Waals surface area contributed by atoms with Gasteiger partial charge in [0.05, 0.1) is 13.0 Å². The van der Waals surface area contributed by atoms with Gasteiger partial charge in [0.15, 0.2) is 5.78 Å². The van der Waals surface area contributed by atoms with Gasteiger partial charge in [0.25, 0.3) is 0 Å². The Labute approximate surface area is 147 Å². The van der Waals surface area contributed by atoms with Crippen LogP contribution in [-0.2, 0) is 16.0 Å². The molecule has 5 nitrogen and oxygen atoms in total. The van der Waals surface area contributed by atoms with E-state index in [1.54, 1.807) is 13.0 Å². The van der Waals surface area contributed by atoms with E-state index in [9.17, 15) is 14.7 Å². The summed E-state index contributed by atoms with van der Waals surface area (Å²) in [5.74, 6) is -0.963. The van der Waals surface area contributed by atoms with E-state index in [1.165, 1.54) is 6.07 Å². The zero-order valence-electron chi connectivity index (χ0n) is 14.8. The maximum Gasteiger partial charge on any atom is 0.306 e. The molecule has 0 saturated carbocycles. The third kappa shape index (κ3) is 4.89. The highest BCUT2D eigenvalue weighted by Crippen LogP contribution is 2.21. The molecule has 0 aliphatic carbocycles. The van der Waals surface area contributed by atoms with Crippen molar-refractivity contribution >= 4 is 11.8 Å². The van der Waals surface area contributed by atoms with Crippen molar-refractivity contribution < 1.29 is 19.4 Å². The third-order valence-corrected chi connectivity index (χ3v) is 4.06. The number of esters is 1. The maximum atomic E-state index is 12.3. The Morgan fingerprint density at radius 3 is 2.40 bits per heavy atom. The van der Waals surface area contributed by atoms with Crippen LogP contribution in [0.25, 0.3) is 0 Å². The van der Waals surface area contributed by atoms with Crippen molar-refractivity contribution in [2.75, 3.05) is 6.61 Å². The van der Waals surface area contributed by atoms with Gasteiger partial charge in [-0.3, -0.25) is 9.59 Å². The second-order valence-corrected chi connectivity index (χ2v) is 5.95. The first-order chi connectivity index (χ1) is 11.9. The lowest BCUT2D eigenvalue weighted by atomic mass is 9.98. The molecule has 0 bridgehead atoms. The molecule has 0 saturated heterocycles. The normalized spacial score (nSPS) is 10.5. The van der Waals surface area contributed by atoms with Crippen LogP contribution in [0, 0.1) is 13.8 Å². The van der Waals surface area contributed by atoms with Crippen molar-refractivity contribution in [3.05, 3.63) is 58.4 Å². The summed E-state index contributed by atoms with van der Waals surface area (Å²) in [5.41, 5.74) is 4.18. The van der Waals surface area contributed by atoms with Crippen molar-refractivity contribution in [3.8, 4) is 5.75 Å². The number of Topliss-reactive ketones (excluding diaryl/α,β-unsaturated/α-hetero) is 1. The highest BCUT2D eigenvalue weighted by molar-refractivity contribution is 5.98. The fraction of sp³-hybridized carbons (Fsp3) is 0.350. The average Bonchev–Trinajstić information content (AvgIpc) is 2.58. The van der Waals surface area contributed by atoms with Crippen LogP contribution < -0.4 is 0 Å². The standard InChI is InChI=1S/C20H23NO4/c1-4-25-19(24)11-10-18(23)20-17(22)9-8-15(21-20)12-16-13(2)6-5-7-14(16)3/h5-9,22H,4,10-12H2,1-3H3. The molecule has 0 aliphatic heterocycles. The van der Waals surface area contributed by atoms with E-state index in [2.05, 4.69) is 4.98 Å². The molecular weight excluding hydrogens is 318 g/mol. The van der Waals surface area contributed by atoms with Crippen molar-refractivity contribution in [1.29, 1.82) is 0 Å². The molecule has 0 aliphatic rings. The van der Waals surface area contributed by atoms with E-state index >= 15 is 0 Å². The molecule has 5 heteroatoms. The lowest BCUT2D eigenvalue weighted by molar-refractivity contribution is -0.143. The number of rotatable bonds is 7. The first-order valence-electron chi connectivity index (χ1n) is 8.35. The number of pyridine rings is 1. The number of carbonyl (C=O) groups excluding carboxylic acids is 2. The fourth-order valence-electron chi connectivity index (χ4n) is 2.67. The summed E-state index contributed by atoms with van der Waals surface area (Å²) >= 11 is 0. The lowest BCUT2D eigenvalue weighted by Gasteiger charge is -2.11. The minimum atomic E-state index is -0.429. The first kappa shape index (κ1) is 18.6. The van der Waals surface area contributed by atoms with Crippen molar-refractivity contribution in [2.45, 2.75) is 40.0 Å². The van der Waals surface area contributed by atoms with Crippen LogP contribution in [0.2, 0.25) is 0 Å².